The molecule has 4 rings (SSSR count). The number of carbonyl (C=O) groups excluding carboxylic acids is 2. The normalized spacial score (nSPS) is 12.0. The number of ether oxygens (including phenoxy) is 1. The van der Waals surface area contributed by atoms with Crippen molar-refractivity contribution in [3.8, 4) is 5.75 Å². The third kappa shape index (κ3) is 10.5. The van der Waals surface area contributed by atoms with Crippen LogP contribution in [0.25, 0.3) is 0 Å². The summed E-state index contributed by atoms with van der Waals surface area (Å²) in [6.07, 6.45) is 1.91. The molecular weight excluding hydrogens is 610 g/mol. The molecule has 8 nitrogen and oxygen atoms in total. The highest BCUT2D eigenvalue weighted by atomic mass is 35.5. The fraction of sp³-hybridized carbons (Fsp3) is 0.257. The van der Waals surface area contributed by atoms with E-state index in [0.29, 0.717) is 18.0 Å². The first-order valence-corrected chi connectivity index (χ1v) is 16.8. The van der Waals surface area contributed by atoms with Crippen LogP contribution < -0.4 is 10.1 Å². The summed E-state index contributed by atoms with van der Waals surface area (Å²) in [6.45, 7) is 0.0363. The smallest absolute Gasteiger partial charge is 0.243 e. The van der Waals surface area contributed by atoms with Gasteiger partial charge in [0.1, 0.15) is 11.8 Å². The molecule has 0 aliphatic rings. The summed E-state index contributed by atoms with van der Waals surface area (Å²) >= 11 is 6.13. The van der Waals surface area contributed by atoms with Crippen LogP contribution in [0.3, 0.4) is 0 Å². The number of hydrogen-bond acceptors (Lipinski definition) is 5. The number of rotatable bonds is 15. The molecule has 0 saturated carbocycles. The highest BCUT2D eigenvalue weighted by Gasteiger charge is 2.32. The summed E-state index contributed by atoms with van der Waals surface area (Å²) in [6, 6.07) is 32.3. The van der Waals surface area contributed by atoms with Gasteiger partial charge >= 0.3 is 0 Å². The molecule has 2 amide bonds. The fourth-order valence-electron chi connectivity index (χ4n) is 4.90. The number of carbonyl (C=O) groups is 2. The molecular formula is C35H38ClN3O5S. The predicted octanol–water partition coefficient (Wildman–Crippen LogP) is 5.11. The van der Waals surface area contributed by atoms with Crippen LogP contribution in [0.15, 0.2) is 109 Å². The molecule has 1 N–H and O–H groups in total. The summed E-state index contributed by atoms with van der Waals surface area (Å²) in [5, 5.41) is 3.56. The van der Waals surface area contributed by atoms with Gasteiger partial charge in [-0.25, -0.2) is 8.42 Å². The van der Waals surface area contributed by atoms with Gasteiger partial charge in [-0.15, -0.1) is 0 Å². The minimum atomic E-state index is -3.77. The van der Waals surface area contributed by atoms with Gasteiger partial charge in [0.05, 0.1) is 19.9 Å². The first kappa shape index (κ1) is 33.7. The second-order valence-electron chi connectivity index (χ2n) is 10.8. The molecule has 0 bridgehead atoms. The summed E-state index contributed by atoms with van der Waals surface area (Å²) < 4.78 is 32.1. The van der Waals surface area contributed by atoms with Crippen molar-refractivity contribution >= 4 is 33.4 Å². The third-order valence-corrected chi connectivity index (χ3v) is 8.84. The predicted molar refractivity (Wildman–Crippen MR) is 177 cm³/mol. The largest absolute Gasteiger partial charge is 0.497 e. The number of nitrogens with zero attached hydrogens (tertiary/aromatic N) is 2. The molecule has 10 heteroatoms. The van der Waals surface area contributed by atoms with Gasteiger partial charge in [-0.1, -0.05) is 96.5 Å². The topological polar surface area (TPSA) is 96.0 Å². The van der Waals surface area contributed by atoms with E-state index in [1.807, 2.05) is 84.9 Å². The van der Waals surface area contributed by atoms with Crippen LogP contribution in [0.4, 0.5) is 0 Å². The second-order valence-corrected chi connectivity index (χ2v) is 13.2. The van der Waals surface area contributed by atoms with Gasteiger partial charge in [-0.3, -0.25) is 9.59 Å². The standard InChI is InChI=1S/C35H38ClN3O5S/c1-44-32-19-15-27(16-20-32)21-22-37-35(41)33(23-28-9-5-3-6-10-28)39(25-30-13-17-31(36)18-14-30)34(40)26-38(45(2,42)43)24-29-11-7-4-8-12-29/h3-20,33H,21-26H2,1-2H3,(H,37,41)/t33-/m0/s1. The maximum absolute atomic E-state index is 14.2. The van der Waals surface area contributed by atoms with E-state index >= 15 is 0 Å². The third-order valence-electron chi connectivity index (χ3n) is 7.39. The van der Waals surface area contributed by atoms with Gasteiger partial charge in [-0.05, 0) is 52.9 Å². The van der Waals surface area contributed by atoms with Crippen molar-refractivity contribution in [2.24, 2.45) is 0 Å². The zero-order valence-corrected chi connectivity index (χ0v) is 27.0. The minimum absolute atomic E-state index is 0.0254. The molecule has 4 aromatic carbocycles. The van der Waals surface area contributed by atoms with Crippen molar-refractivity contribution in [2.75, 3.05) is 26.5 Å². The molecule has 0 aliphatic heterocycles. The van der Waals surface area contributed by atoms with Crippen LogP contribution in [0, 0.1) is 0 Å². The zero-order chi connectivity index (χ0) is 32.2. The van der Waals surface area contributed by atoms with E-state index in [0.717, 1.165) is 38.6 Å². The van der Waals surface area contributed by atoms with Crippen molar-refractivity contribution in [2.45, 2.75) is 32.0 Å². The van der Waals surface area contributed by atoms with Crippen LogP contribution in [-0.4, -0.2) is 61.9 Å². The van der Waals surface area contributed by atoms with Crippen molar-refractivity contribution in [1.29, 1.82) is 0 Å². The van der Waals surface area contributed by atoms with Gasteiger partial charge in [-0.2, -0.15) is 4.31 Å². The van der Waals surface area contributed by atoms with Crippen molar-refractivity contribution < 1.29 is 22.7 Å². The zero-order valence-electron chi connectivity index (χ0n) is 25.4. The molecule has 0 radical (unpaired) electrons. The number of halogens is 1. The summed E-state index contributed by atoms with van der Waals surface area (Å²) in [7, 11) is -2.16. The summed E-state index contributed by atoms with van der Waals surface area (Å²) in [5.74, 6) is -0.0707. The highest BCUT2D eigenvalue weighted by Crippen LogP contribution is 2.19. The molecule has 0 heterocycles. The monoisotopic (exact) mass is 647 g/mol. The van der Waals surface area contributed by atoms with E-state index in [9.17, 15) is 18.0 Å². The molecule has 1 atom stereocenters. The molecule has 0 aromatic heterocycles. The van der Waals surface area contributed by atoms with Gasteiger partial charge in [0.2, 0.25) is 21.8 Å². The molecule has 0 fully saturated rings. The molecule has 0 aliphatic carbocycles. The van der Waals surface area contributed by atoms with E-state index in [2.05, 4.69) is 5.32 Å². The number of methoxy groups -OCH3 is 1. The minimum Gasteiger partial charge on any atom is -0.497 e. The second kappa shape index (κ2) is 16.2. The Morgan fingerprint density at radius 2 is 1.33 bits per heavy atom. The Labute approximate surface area is 270 Å². The lowest BCUT2D eigenvalue weighted by Crippen LogP contribution is -2.53. The number of sulfonamides is 1. The van der Waals surface area contributed by atoms with Crippen molar-refractivity contribution in [3.05, 3.63) is 136 Å². The highest BCUT2D eigenvalue weighted by molar-refractivity contribution is 7.88. The SMILES string of the molecule is COc1ccc(CCNC(=O)[C@H](Cc2ccccc2)N(Cc2ccc(Cl)cc2)C(=O)CN(Cc2ccccc2)S(C)(=O)=O)cc1. The lowest BCUT2D eigenvalue weighted by molar-refractivity contribution is -0.141. The molecule has 236 valence electrons. The number of amides is 2. The number of benzene rings is 4. The lowest BCUT2D eigenvalue weighted by Gasteiger charge is -2.33. The van der Waals surface area contributed by atoms with E-state index < -0.39 is 28.5 Å². The van der Waals surface area contributed by atoms with E-state index in [-0.39, 0.29) is 25.4 Å². The maximum Gasteiger partial charge on any atom is 0.243 e. The Balaban J connectivity index is 1.62. The molecule has 4 aromatic rings. The Bertz CT molecular complexity index is 1630. The van der Waals surface area contributed by atoms with Gasteiger partial charge in [0.25, 0.3) is 0 Å². The van der Waals surface area contributed by atoms with Gasteiger partial charge in [0, 0.05) is 31.1 Å². The van der Waals surface area contributed by atoms with E-state index in [1.165, 1.54) is 4.90 Å². The average Bonchev–Trinajstić information content (AvgIpc) is 3.04. The quantitative estimate of drug-likeness (QED) is 0.194. The molecule has 0 unspecified atom stereocenters. The van der Waals surface area contributed by atoms with Crippen molar-refractivity contribution in [3.63, 3.8) is 0 Å². The Hall–Kier alpha value is -4.18. The summed E-state index contributed by atoms with van der Waals surface area (Å²) in [4.78, 5) is 29.6. The van der Waals surface area contributed by atoms with Crippen LogP contribution in [-0.2, 0) is 45.5 Å². The molecule has 0 spiro atoms. The summed E-state index contributed by atoms with van der Waals surface area (Å²) in [5.41, 5.74) is 3.39. The Morgan fingerprint density at radius 3 is 1.91 bits per heavy atom. The Kier molecular flexibility index (Phi) is 12.2. The fourth-order valence-corrected chi connectivity index (χ4v) is 5.75. The van der Waals surface area contributed by atoms with E-state index in [1.54, 1.807) is 31.4 Å². The van der Waals surface area contributed by atoms with Crippen molar-refractivity contribution in [1.82, 2.24) is 14.5 Å². The van der Waals surface area contributed by atoms with Crippen LogP contribution >= 0.6 is 11.6 Å². The first-order chi connectivity index (χ1) is 21.6. The maximum atomic E-state index is 14.2. The number of hydrogen-bond donors (Lipinski definition) is 1. The Morgan fingerprint density at radius 1 is 0.778 bits per heavy atom. The van der Waals surface area contributed by atoms with Crippen LogP contribution in [0.5, 0.6) is 5.75 Å². The first-order valence-electron chi connectivity index (χ1n) is 14.6. The van der Waals surface area contributed by atoms with Crippen LogP contribution in [0.1, 0.15) is 22.3 Å². The average molecular weight is 648 g/mol. The van der Waals surface area contributed by atoms with E-state index in [4.69, 9.17) is 16.3 Å². The van der Waals surface area contributed by atoms with Gasteiger partial charge < -0.3 is 15.0 Å². The number of nitrogens with one attached hydrogen (secondary N) is 1. The molecule has 0 saturated heterocycles. The van der Waals surface area contributed by atoms with Crippen LogP contribution in [0.2, 0.25) is 5.02 Å². The lowest BCUT2D eigenvalue weighted by atomic mass is 10.0. The molecule has 45 heavy (non-hydrogen) atoms. The van der Waals surface area contributed by atoms with Gasteiger partial charge in [0.15, 0.2) is 0 Å².